The predicted molar refractivity (Wildman–Crippen MR) is 78.0 cm³/mol. The number of anilines is 2. The van der Waals surface area contributed by atoms with Gasteiger partial charge in [0.05, 0.1) is 6.26 Å². The number of hydrogen-bond acceptors (Lipinski definition) is 7. The van der Waals surface area contributed by atoms with E-state index in [1.807, 2.05) is 6.07 Å². The maximum Gasteiger partial charge on any atom is 0.219 e. The van der Waals surface area contributed by atoms with E-state index in [2.05, 4.69) is 34.8 Å². The molecule has 0 saturated heterocycles. The Morgan fingerprint density at radius 2 is 2.09 bits per heavy atom. The topological polar surface area (TPSA) is 93.2 Å². The van der Waals surface area contributed by atoms with Gasteiger partial charge in [-0.3, -0.25) is 4.79 Å². The van der Waals surface area contributed by atoms with Crippen molar-refractivity contribution in [1.82, 2.24) is 10.3 Å². The molecule has 2 N–H and O–H groups in total. The molecule has 114 valence electrons. The van der Waals surface area contributed by atoms with Crippen LogP contribution in [0.1, 0.15) is 38.5 Å². The molecule has 1 atom stereocenters. The molecule has 0 amide bonds. The molecule has 22 heavy (non-hydrogen) atoms. The van der Waals surface area contributed by atoms with Crippen LogP contribution in [0, 0.1) is 5.41 Å². The van der Waals surface area contributed by atoms with Crippen molar-refractivity contribution < 1.29 is 13.8 Å². The van der Waals surface area contributed by atoms with Crippen LogP contribution in [0.25, 0.3) is 0 Å². The Morgan fingerprint density at radius 1 is 1.27 bits per heavy atom. The molecular formula is C15H16N4O3. The molecule has 0 bridgehead atoms. The minimum absolute atomic E-state index is 0.0989. The van der Waals surface area contributed by atoms with E-state index in [1.165, 1.54) is 0 Å². The van der Waals surface area contributed by atoms with Crippen LogP contribution in [0.4, 0.5) is 11.6 Å². The summed E-state index contributed by atoms with van der Waals surface area (Å²) in [6.07, 6.45) is 2.84. The van der Waals surface area contributed by atoms with Crippen LogP contribution in [0.5, 0.6) is 0 Å². The van der Waals surface area contributed by atoms with Crippen LogP contribution >= 0.6 is 0 Å². The number of allylic oxidation sites excluding steroid dienone is 1. The molecule has 2 aromatic heterocycles. The SMILES string of the molecule is CC1(C)CC(=O)C2=C(C1)Nc1nonc1N[C@H]2c1ccco1. The number of carbonyl (C=O) groups excluding carboxylic acids is 1. The Balaban J connectivity index is 1.87. The van der Waals surface area contributed by atoms with Crippen molar-refractivity contribution in [2.24, 2.45) is 5.41 Å². The number of Topliss-reactive ketones (excluding diaryl/α,β-unsaturated/α-hetero) is 1. The van der Waals surface area contributed by atoms with Crippen molar-refractivity contribution in [2.45, 2.75) is 32.7 Å². The van der Waals surface area contributed by atoms with E-state index in [0.29, 0.717) is 29.4 Å². The average molecular weight is 300 g/mol. The third kappa shape index (κ3) is 2.01. The van der Waals surface area contributed by atoms with E-state index in [9.17, 15) is 4.79 Å². The first-order valence-corrected chi connectivity index (χ1v) is 7.19. The second kappa shape index (κ2) is 4.46. The molecule has 4 rings (SSSR count). The van der Waals surface area contributed by atoms with Gasteiger partial charge in [0.1, 0.15) is 11.8 Å². The van der Waals surface area contributed by atoms with Crippen LogP contribution < -0.4 is 10.6 Å². The molecule has 1 aliphatic carbocycles. The fourth-order valence-electron chi connectivity index (χ4n) is 3.17. The molecule has 0 unspecified atom stereocenters. The van der Waals surface area contributed by atoms with Crippen LogP contribution in [-0.4, -0.2) is 16.1 Å². The van der Waals surface area contributed by atoms with E-state index in [-0.39, 0.29) is 11.2 Å². The maximum atomic E-state index is 12.7. The molecule has 3 heterocycles. The second-order valence-corrected chi connectivity index (χ2v) is 6.51. The number of rotatable bonds is 1. The van der Waals surface area contributed by atoms with Crippen molar-refractivity contribution in [3.63, 3.8) is 0 Å². The molecule has 0 spiro atoms. The van der Waals surface area contributed by atoms with Gasteiger partial charge in [0, 0.05) is 17.7 Å². The molecule has 0 saturated carbocycles. The highest BCUT2D eigenvalue weighted by atomic mass is 16.6. The molecule has 0 radical (unpaired) electrons. The zero-order valence-electron chi connectivity index (χ0n) is 12.3. The Kier molecular flexibility index (Phi) is 2.66. The lowest BCUT2D eigenvalue weighted by atomic mass is 9.74. The lowest BCUT2D eigenvalue weighted by Gasteiger charge is -2.33. The molecule has 1 aliphatic heterocycles. The number of nitrogens with zero attached hydrogens (tertiary/aromatic N) is 2. The largest absolute Gasteiger partial charge is 0.467 e. The third-order valence-corrected chi connectivity index (χ3v) is 4.08. The fourth-order valence-corrected chi connectivity index (χ4v) is 3.17. The molecule has 0 fully saturated rings. The van der Waals surface area contributed by atoms with Crippen molar-refractivity contribution in [2.75, 3.05) is 10.6 Å². The van der Waals surface area contributed by atoms with Gasteiger partial charge in [-0.05, 0) is 34.3 Å². The van der Waals surface area contributed by atoms with Crippen molar-refractivity contribution in [3.8, 4) is 0 Å². The molecule has 7 heteroatoms. The zero-order valence-corrected chi connectivity index (χ0v) is 12.3. The Bertz CT molecular complexity index is 758. The summed E-state index contributed by atoms with van der Waals surface area (Å²) >= 11 is 0. The Hall–Kier alpha value is -2.57. The normalized spacial score (nSPS) is 23.2. The highest BCUT2D eigenvalue weighted by molar-refractivity contribution is 6.00. The summed E-state index contributed by atoms with van der Waals surface area (Å²) in [5.74, 6) is 1.74. The number of carbonyl (C=O) groups is 1. The number of ketones is 1. The number of fused-ring (bicyclic) bond motifs is 1. The van der Waals surface area contributed by atoms with Gasteiger partial charge in [-0.15, -0.1) is 0 Å². The van der Waals surface area contributed by atoms with E-state index in [4.69, 9.17) is 9.05 Å². The van der Waals surface area contributed by atoms with Crippen LogP contribution in [0.3, 0.4) is 0 Å². The van der Waals surface area contributed by atoms with Crippen molar-refractivity contribution in [1.29, 1.82) is 0 Å². The van der Waals surface area contributed by atoms with Crippen LogP contribution in [0.2, 0.25) is 0 Å². The Morgan fingerprint density at radius 3 is 2.86 bits per heavy atom. The van der Waals surface area contributed by atoms with E-state index >= 15 is 0 Å². The molecule has 2 aliphatic rings. The van der Waals surface area contributed by atoms with Crippen LogP contribution in [0.15, 0.2) is 38.7 Å². The summed E-state index contributed by atoms with van der Waals surface area (Å²) in [4.78, 5) is 12.7. The minimum atomic E-state index is -0.394. The first kappa shape index (κ1) is 13.1. The van der Waals surface area contributed by atoms with Crippen LogP contribution in [-0.2, 0) is 4.79 Å². The van der Waals surface area contributed by atoms with E-state index in [1.54, 1.807) is 12.3 Å². The smallest absolute Gasteiger partial charge is 0.219 e. The lowest BCUT2D eigenvalue weighted by Crippen LogP contribution is -2.31. The average Bonchev–Trinajstić information content (AvgIpc) is 3.06. The first-order chi connectivity index (χ1) is 10.5. The van der Waals surface area contributed by atoms with Gasteiger partial charge in [-0.2, -0.15) is 0 Å². The number of aromatic nitrogens is 2. The molecule has 0 aromatic carbocycles. The predicted octanol–water partition coefficient (Wildman–Crippen LogP) is 2.88. The van der Waals surface area contributed by atoms with Gasteiger partial charge in [-0.25, -0.2) is 4.63 Å². The van der Waals surface area contributed by atoms with Crippen molar-refractivity contribution >= 4 is 17.4 Å². The second-order valence-electron chi connectivity index (χ2n) is 6.51. The lowest BCUT2D eigenvalue weighted by molar-refractivity contribution is -0.118. The molecule has 2 aromatic rings. The summed E-state index contributed by atoms with van der Waals surface area (Å²) in [7, 11) is 0. The Labute approximate surface area is 126 Å². The molecule has 7 nitrogen and oxygen atoms in total. The highest BCUT2D eigenvalue weighted by Gasteiger charge is 2.40. The molecular weight excluding hydrogens is 284 g/mol. The highest BCUT2D eigenvalue weighted by Crippen LogP contribution is 2.44. The monoisotopic (exact) mass is 300 g/mol. The summed E-state index contributed by atoms with van der Waals surface area (Å²) in [6.45, 7) is 4.16. The first-order valence-electron chi connectivity index (χ1n) is 7.19. The summed E-state index contributed by atoms with van der Waals surface area (Å²) in [5.41, 5.74) is 1.44. The minimum Gasteiger partial charge on any atom is -0.467 e. The quantitative estimate of drug-likeness (QED) is 0.836. The van der Waals surface area contributed by atoms with E-state index < -0.39 is 6.04 Å². The summed E-state index contributed by atoms with van der Waals surface area (Å²) in [5, 5.41) is 14.1. The van der Waals surface area contributed by atoms with Crippen molar-refractivity contribution in [3.05, 3.63) is 35.4 Å². The third-order valence-electron chi connectivity index (χ3n) is 4.08. The maximum absolute atomic E-state index is 12.7. The van der Waals surface area contributed by atoms with Gasteiger partial charge in [-0.1, -0.05) is 13.8 Å². The van der Waals surface area contributed by atoms with Gasteiger partial charge in [0.15, 0.2) is 5.78 Å². The van der Waals surface area contributed by atoms with Gasteiger partial charge >= 0.3 is 0 Å². The van der Waals surface area contributed by atoms with Gasteiger partial charge < -0.3 is 15.1 Å². The van der Waals surface area contributed by atoms with E-state index in [0.717, 1.165) is 12.1 Å². The summed E-state index contributed by atoms with van der Waals surface area (Å²) < 4.78 is 10.3. The number of furan rings is 1. The zero-order chi connectivity index (χ0) is 15.3. The fraction of sp³-hybridized carbons (Fsp3) is 0.400. The van der Waals surface area contributed by atoms with Gasteiger partial charge in [0.25, 0.3) is 0 Å². The standard InChI is InChI=1S/C15H16N4O3/c1-15(2)6-8-11(9(20)7-15)12(10-4-3-5-21-10)17-14-13(16-8)18-22-19-14/h3-5,12H,6-7H2,1-2H3,(H,16,18)(H,17,19)/t12-/m0/s1. The van der Waals surface area contributed by atoms with Gasteiger partial charge in [0.2, 0.25) is 11.6 Å². The number of nitrogens with one attached hydrogen (secondary N) is 2. The summed E-state index contributed by atoms with van der Waals surface area (Å²) in [6, 6.07) is 3.25. The number of hydrogen-bond donors (Lipinski definition) is 2.